The molecule has 1 aliphatic rings. The van der Waals surface area contributed by atoms with E-state index in [0.29, 0.717) is 19.6 Å². The van der Waals surface area contributed by atoms with Crippen molar-refractivity contribution in [2.24, 2.45) is 5.41 Å². The topological polar surface area (TPSA) is 66.8 Å². The second-order valence-electron chi connectivity index (χ2n) is 4.94. The molecule has 5 heteroatoms. The van der Waals surface area contributed by atoms with Crippen molar-refractivity contribution < 1.29 is 19.4 Å². The Balaban J connectivity index is 2.42. The van der Waals surface area contributed by atoms with Gasteiger partial charge in [0.1, 0.15) is 0 Å². The zero-order valence-electron chi connectivity index (χ0n) is 10.6. The molecule has 0 aliphatic carbocycles. The smallest absolute Gasteiger partial charge is 0.303 e. The van der Waals surface area contributed by atoms with E-state index in [4.69, 9.17) is 9.84 Å². The van der Waals surface area contributed by atoms with Crippen molar-refractivity contribution in [3.8, 4) is 0 Å². The summed E-state index contributed by atoms with van der Waals surface area (Å²) >= 11 is 0. The standard InChI is InChI=1S/C12H21NO4/c1-12(6-4-8-17-9-12)11(16)13(2)7-3-5-10(14)15/h3-9H2,1-2H3,(H,14,15). The lowest BCUT2D eigenvalue weighted by Gasteiger charge is -2.35. The van der Waals surface area contributed by atoms with E-state index in [9.17, 15) is 9.59 Å². The van der Waals surface area contributed by atoms with E-state index in [0.717, 1.165) is 19.4 Å². The molecule has 0 aromatic carbocycles. The minimum atomic E-state index is -0.821. The van der Waals surface area contributed by atoms with Gasteiger partial charge < -0.3 is 14.7 Å². The molecular weight excluding hydrogens is 222 g/mol. The quantitative estimate of drug-likeness (QED) is 0.786. The fourth-order valence-corrected chi connectivity index (χ4v) is 2.13. The van der Waals surface area contributed by atoms with Crippen molar-refractivity contribution in [1.29, 1.82) is 0 Å². The van der Waals surface area contributed by atoms with E-state index in [1.807, 2.05) is 6.92 Å². The molecule has 1 rings (SSSR count). The molecule has 0 aromatic rings. The first kappa shape index (κ1) is 14.0. The largest absolute Gasteiger partial charge is 0.481 e. The first-order chi connectivity index (χ1) is 7.96. The third kappa shape index (κ3) is 4.00. The Morgan fingerprint density at radius 2 is 2.18 bits per heavy atom. The maximum Gasteiger partial charge on any atom is 0.303 e. The molecule has 17 heavy (non-hydrogen) atoms. The number of aliphatic carboxylic acids is 1. The summed E-state index contributed by atoms with van der Waals surface area (Å²) in [6.45, 7) is 3.60. The molecule has 5 nitrogen and oxygen atoms in total. The number of carbonyl (C=O) groups excluding carboxylic acids is 1. The first-order valence-corrected chi connectivity index (χ1v) is 6.01. The Labute approximate surface area is 102 Å². The number of rotatable bonds is 5. The molecule has 1 atom stereocenters. The highest BCUT2D eigenvalue weighted by Crippen LogP contribution is 2.29. The van der Waals surface area contributed by atoms with Gasteiger partial charge in [-0.15, -0.1) is 0 Å². The average Bonchev–Trinajstić information content (AvgIpc) is 2.28. The van der Waals surface area contributed by atoms with Gasteiger partial charge >= 0.3 is 5.97 Å². The summed E-state index contributed by atoms with van der Waals surface area (Å²) in [5, 5.41) is 8.54. The molecule has 1 heterocycles. The van der Waals surface area contributed by atoms with E-state index < -0.39 is 11.4 Å². The van der Waals surface area contributed by atoms with Crippen LogP contribution in [0.25, 0.3) is 0 Å². The third-order valence-electron chi connectivity index (χ3n) is 3.19. The van der Waals surface area contributed by atoms with Crippen molar-refractivity contribution in [1.82, 2.24) is 4.90 Å². The molecule has 0 radical (unpaired) electrons. The van der Waals surface area contributed by atoms with Crippen LogP contribution in [0.4, 0.5) is 0 Å². The van der Waals surface area contributed by atoms with Crippen molar-refractivity contribution in [2.45, 2.75) is 32.6 Å². The Hall–Kier alpha value is -1.10. The molecule has 1 N–H and O–H groups in total. The van der Waals surface area contributed by atoms with Crippen LogP contribution < -0.4 is 0 Å². The van der Waals surface area contributed by atoms with E-state index in [1.54, 1.807) is 11.9 Å². The SMILES string of the molecule is CN(CCCC(=O)O)C(=O)C1(C)CCCOC1. The van der Waals surface area contributed by atoms with Crippen LogP contribution in [0.5, 0.6) is 0 Å². The van der Waals surface area contributed by atoms with Crippen LogP contribution in [0, 0.1) is 5.41 Å². The molecule has 0 aromatic heterocycles. The fourth-order valence-electron chi connectivity index (χ4n) is 2.13. The number of carbonyl (C=O) groups is 2. The number of hydrogen-bond donors (Lipinski definition) is 1. The second kappa shape index (κ2) is 6.00. The van der Waals surface area contributed by atoms with E-state index in [1.165, 1.54) is 0 Å². The number of ether oxygens (including phenoxy) is 1. The Morgan fingerprint density at radius 1 is 1.47 bits per heavy atom. The highest BCUT2D eigenvalue weighted by Gasteiger charge is 2.37. The highest BCUT2D eigenvalue weighted by atomic mass is 16.5. The minimum Gasteiger partial charge on any atom is -0.481 e. The molecule has 1 fully saturated rings. The minimum absolute atomic E-state index is 0.0580. The summed E-state index contributed by atoms with van der Waals surface area (Å²) in [5.74, 6) is -0.763. The lowest BCUT2D eigenvalue weighted by molar-refractivity contribution is -0.148. The van der Waals surface area contributed by atoms with Crippen LogP contribution in [0.15, 0.2) is 0 Å². The van der Waals surface area contributed by atoms with Gasteiger partial charge in [-0.3, -0.25) is 9.59 Å². The van der Waals surface area contributed by atoms with Crippen LogP contribution in [0.2, 0.25) is 0 Å². The summed E-state index contributed by atoms with van der Waals surface area (Å²) < 4.78 is 5.36. The van der Waals surface area contributed by atoms with Crippen molar-refractivity contribution in [3.05, 3.63) is 0 Å². The number of amides is 1. The van der Waals surface area contributed by atoms with E-state index in [2.05, 4.69) is 0 Å². The first-order valence-electron chi connectivity index (χ1n) is 6.01. The fraction of sp³-hybridized carbons (Fsp3) is 0.833. The zero-order chi connectivity index (χ0) is 12.9. The van der Waals surface area contributed by atoms with Crippen LogP contribution in [-0.4, -0.2) is 48.7 Å². The van der Waals surface area contributed by atoms with Crippen LogP contribution in [0.1, 0.15) is 32.6 Å². The summed E-state index contributed by atoms with van der Waals surface area (Å²) in [5.41, 5.74) is -0.434. The van der Waals surface area contributed by atoms with Gasteiger partial charge in [0.2, 0.25) is 5.91 Å². The number of carboxylic acid groups (broad SMARTS) is 1. The summed E-state index contributed by atoms with van der Waals surface area (Å²) in [6, 6.07) is 0. The van der Waals surface area contributed by atoms with Crippen LogP contribution in [-0.2, 0) is 14.3 Å². The summed E-state index contributed by atoms with van der Waals surface area (Å²) in [6.07, 6.45) is 2.35. The lowest BCUT2D eigenvalue weighted by atomic mass is 9.83. The molecule has 1 saturated heterocycles. The van der Waals surface area contributed by atoms with Gasteiger partial charge in [-0.2, -0.15) is 0 Å². The summed E-state index contributed by atoms with van der Waals surface area (Å²) in [4.78, 5) is 24.2. The molecule has 0 saturated carbocycles. The maximum atomic E-state index is 12.2. The predicted molar refractivity (Wildman–Crippen MR) is 62.7 cm³/mol. The third-order valence-corrected chi connectivity index (χ3v) is 3.19. The Bertz CT molecular complexity index is 284. The molecular formula is C12H21NO4. The number of hydrogen-bond acceptors (Lipinski definition) is 3. The van der Waals surface area contributed by atoms with Crippen molar-refractivity contribution in [3.63, 3.8) is 0 Å². The molecule has 1 aliphatic heterocycles. The lowest BCUT2D eigenvalue weighted by Crippen LogP contribution is -2.45. The van der Waals surface area contributed by atoms with E-state index in [-0.39, 0.29) is 12.3 Å². The number of carboxylic acids is 1. The van der Waals surface area contributed by atoms with Gasteiger partial charge in [-0.25, -0.2) is 0 Å². The molecule has 1 unspecified atom stereocenters. The van der Waals surface area contributed by atoms with Gasteiger partial charge in [0.15, 0.2) is 0 Å². The van der Waals surface area contributed by atoms with Gasteiger partial charge in [-0.1, -0.05) is 0 Å². The highest BCUT2D eigenvalue weighted by molar-refractivity contribution is 5.82. The maximum absolute atomic E-state index is 12.2. The Kier molecular flexibility index (Phi) is 4.93. The van der Waals surface area contributed by atoms with Crippen molar-refractivity contribution in [2.75, 3.05) is 26.8 Å². The second-order valence-corrected chi connectivity index (χ2v) is 4.94. The average molecular weight is 243 g/mol. The normalized spacial score (nSPS) is 24.4. The van der Waals surface area contributed by atoms with Gasteiger partial charge in [0.05, 0.1) is 12.0 Å². The molecule has 0 bridgehead atoms. The van der Waals surface area contributed by atoms with Gasteiger partial charge in [0, 0.05) is 26.6 Å². The van der Waals surface area contributed by atoms with Gasteiger partial charge in [-0.05, 0) is 26.2 Å². The van der Waals surface area contributed by atoms with E-state index >= 15 is 0 Å². The monoisotopic (exact) mass is 243 g/mol. The Morgan fingerprint density at radius 3 is 2.71 bits per heavy atom. The number of nitrogens with zero attached hydrogens (tertiary/aromatic N) is 1. The van der Waals surface area contributed by atoms with Crippen molar-refractivity contribution >= 4 is 11.9 Å². The molecule has 98 valence electrons. The van der Waals surface area contributed by atoms with Crippen LogP contribution in [0.3, 0.4) is 0 Å². The molecule has 0 spiro atoms. The van der Waals surface area contributed by atoms with Crippen LogP contribution >= 0.6 is 0 Å². The zero-order valence-corrected chi connectivity index (χ0v) is 10.6. The molecule has 1 amide bonds. The summed E-state index contributed by atoms with van der Waals surface area (Å²) in [7, 11) is 1.73. The van der Waals surface area contributed by atoms with Gasteiger partial charge in [0.25, 0.3) is 0 Å². The predicted octanol–water partition coefficient (Wildman–Crippen LogP) is 1.13.